The normalized spacial score (nSPS) is 20.0. The number of nitrogens with zero attached hydrogens (tertiary/aromatic N) is 6. The summed E-state index contributed by atoms with van der Waals surface area (Å²) in [5, 5.41) is 0. The smallest absolute Gasteiger partial charge is 0.328 e. The summed E-state index contributed by atoms with van der Waals surface area (Å²) in [6.45, 7) is 5.22. The number of hydrogen-bond donors (Lipinski definition) is 0. The fourth-order valence-electron chi connectivity index (χ4n) is 5.61. The van der Waals surface area contributed by atoms with Crippen molar-refractivity contribution in [2.75, 3.05) is 74.4 Å². The first-order valence-electron chi connectivity index (χ1n) is 15.0. The summed E-state index contributed by atoms with van der Waals surface area (Å²) in [4.78, 5) is 33.4. The summed E-state index contributed by atoms with van der Waals surface area (Å²) in [5.41, 5.74) is 1.66. The van der Waals surface area contributed by atoms with Crippen molar-refractivity contribution in [2.24, 2.45) is 0 Å². The minimum atomic E-state index is -0.683. The third kappa shape index (κ3) is 6.19. The molecule has 3 aliphatic heterocycles. The summed E-state index contributed by atoms with van der Waals surface area (Å²) in [6.07, 6.45) is -0.683. The molecule has 2 atom stereocenters. The van der Waals surface area contributed by atoms with Crippen LogP contribution in [0.25, 0.3) is 0 Å². The molecule has 0 unspecified atom stereocenters. The molecule has 0 N–H and O–H groups in total. The average molecular weight is 611 g/mol. The summed E-state index contributed by atoms with van der Waals surface area (Å²) < 4.78 is 28.8. The molecule has 0 spiro atoms. The van der Waals surface area contributed by atoms with E-state index in [4.69, 9.17) is 28.7 Å². The maximum absolute atomic E-state index is 13.4. The summed E-state index contributed by atoms with van der Waals surface area (Å²) in [7, 11) is 1.61. The molecule has 0 saturated carbocycles. The van der Waals surface area contributed by atoms with Gasteiger partial charge in [-0.25, -0.2) is 0 Å². The molecule has 1 amide bonds. The molecule has 3 saturated heterocycles. The van der Waals surface area contributed by atoms with Gasteiger partial charge in [-0.3, -0.25) is 9.69 Å². The van der Waals surface area contributed by atoms with E-state index in [0.717, 1.165) is 11.3 Å². The Morgan fingerprint density at radius 3 is 1.84 bits per heavy atom. The number of methoxy groups -OCH3 is 1. The number of anilines is 3. The van der Waals surface area contributed by atoms with E-state index >= 15 is 0 Å². The summed E-state index contributed by atoms with van der Waals surface area (Å²) in [6, 6.07) is 24.3. The Balaban J connectivity index is 1.15. The van der Waals surface area contributed by atoms with E-state index in [1.165, 1.54) is 0 Å². The lowest BCUT2D eigenvalue weighted by atomic mass is 9.89. The van der Waals surface area contributed by atoms with Crippen LogP contribution in [0, 0.1) is 0 Å². The minimum absolute atomic E-state index is 0.120. The molecule has 0 radical (unpaired) electrons. The maximum atomic E-state index is 13.4. The van der Waals surface area contributed by atoms with E-state index in [2.05, 4.69) is 19.8 Å². The van der Waals surface area contributed by atoms with Gasteiger partial charge in [0.25, 0.3) is 5.91 Å². The number of morpholine rings is 2. The number of amides is 1. The number of ether oxygens (including phenoxy) is 5. The number of benzene rings is 3. The molecule has 0 aliphatic carbocycles. The summed E-state index contributed by atoms with van der Waals surface area (Å²) in [5.74, 6) is 2.92. The standard InChI is InChI=1S/C33H34N6O6/c1-41-25-13-9-24(10-14-25)39-28(29(30(39)40)44-26-5-3-2-4-6-26)23-7-11-27(12-8-23)45-33-35-31(37-15-19-42-20-16-37)34-32(36-33)38-17-21-43-22-18-38/h2-14,28-29H,15-22H2,1H3/t28-,29+/m1/s1. The van der Waals surface area contributed by atoms with Crippen molar-refractivity contribution in [1.82, 2.24) is 15.0 Å². The predicted molar refractivity (Wildman–Crippen MR) is 166 cm³/mol. The highest BCUT2D eigenvalue weighted by Gasteiger charge is 2.51. The Morgan fingerprint density at radius 1 is 0.689 bits per heavy atom. The second-order valence-electron chi connectivity index (χ2n) is 10.8. The SMILES string of the molecule is COc1ccc(N2C(=O)[C@@H](Oc3ccccc3)[C@H]2c2ccc(Oc3nc(N4CCOCC4)nc(N4CCOCC4)n3)cc2)cc1. The molecule has 3 aromatic carbocycles. The number of para-hydroxylation sites is 1. The van der Waals surface area contributed by atoms with E-state index in [1.54, 1.807) is 12.0 Å². The first kappa shape index (κ1) is 28.8. The van der Waals surface area contributed by atoms with Gasteiger partial charge in [0.1, 0.15) is 23.3 Å². The zero-order chi connectivity index (χ0) is 30.6. The van der Waals surface area contributed by atoms with E-state index in [1.807, 2.05) is 78.9 Å². The van der Waals surface area contributed by atoms with Crippen LogP contribution in [0.2, 0.25) is 0 Å². The van der Waals surface area contributed by atoms with Crippen LogP contribution in [0.4, 0.5) is 17.6 Å². The number of carbonyl (C=O) groups is 1. The Morgan fingerprint density at radius 2 is 1.27 bits per heavy atom. The molecular weight excluding hydrogens is 576 g/mol. The fraction of sp³-hybridized carbons (Fsp3) is 0.333. The van der Waals surface area contributed by atoms with Crippen LogP contribution in [0.15, 0.2) is 78.9 Å². The fourth-order valence-corrected chi connectivity index (χ4v) is 5.61. The van der Waals surface area contributed by atoms with Crippen molar-refractivity contribution in [1.29, 1.82) is 0 Å². The van der Waals surface area contributed by atoms with Gasteiger partial charge in [-0.1, -0.05) is 30.3 Å². The third-order valence-corrected chi connectivity index (χ3v) is 8.01. The quantitative estimate of drug-likeness (QED) is 0.258. The van der Waals surface area contributed by atoms with Gasteiger partial charge in [-0.05, 0) is 54.1 Å². The molecular formula is C33H34N6O6. The van der Waals surface area contributed by atoms with Gasteiger partial charge in [0.05, 0.1) is 33.5 Å². The number of rotatable bonds is 9. The van der Waals surface area contributed by atoms with Crippen molar-refractivity contribution in [3.05, 3.63) is 84.4 Å². The topological polar surface area (TPSA) is 112 Å². The van der Waals surface area contributed by atoms with E-state index in [9.17, 15) is 4.79 Å². The van der Waals surface area contributed by atoms with Crippen LogP contribution in [0.5, 0.6) is 23.3 Å². The molecule has 7 rings (SSSR count). The van der Waals surface area contributed by atoms with Gasteiger partial charge in [0.2, 0.25) is 18.0 Å². The Bertz CT molecular complexity index is 1560. The molecule has 4 aromatic rings. The second kappa shape index (κ2) is 13.0. The molecule has 232 valence electrons. The molecule has 12 nitrogen and oxygen atoms in total. The van der Waals surface area contributed by atoms with Crippen molar-refractivity contribution in [2.45, 2.75) is 12.1 Å². The van der Waals surface area contributed by atoms with Gasteiger partial charge in [0.15, 0.2) is 0 Å². The lowest BCUT2D eigenvalue weighted by Crippen LogP contribution is -2.61. The lowest BCUT2D eigenvalue weighted by Gasteiger charge is -2.46. The average Bonchev–Trinajstić information content (AvgIpc) is 3.11. The predicted octanol–water partition coefficient (Wildman–Crippen LogP) is 3.88. The molecule has 4 heterocycles. The lowest BCUT2D eigenvalue weighted by molar-refractivity contribution is -0.135. The van der Waals surface area contributed by atoms with E-state index < -0.39 is 6.10 Å². The summed E-state index contributed by atoms with van der Waals surface area (Å²) >= 11 is 0. The first-order valence-corrected chi connectivity index (χ1v) is 15.0. The van der Waals surface area contributed by atoms with Crippen molar-refractivity contribution in [3.63, 3.8) is 0 Å². The van der Waals surface area contributed by atoms with Crippen LogP contribution in [-0.4, -0.2) is 86.7 Å². The van der Waals surface area contributed by atoms with Gasteiger partial charge in [0, 0.05) is 31.9 Å². The van der Waals surface area contributed by atoms with Gasteiger partial charge in [-0.2, -0.15) is 15.0 Å². The number of carbonyl (C=O) groups excluding carboxylic acids is 1. The van der Waals surface area contributed by atoms with E-state index in [0.29, 0.717) is 81.8 Å². The Labute approximate surface area is 261 Å². The van der Waals surface area contributed by atoms with Gasteiger partial charge >= 0.3 is 6.01 Å². The van der Waals surface area contributed by atoms with Crippen molar-refractivity contribution < 1.29 is 28.5 Å². The molecule has 45 heavy (non-hydrogen) atoms. The number of aromatic nitrogens is 3. The zero-order valence-electron chi connectivity index (χ0n) is 24.9. The van der Waals surface area contributed by atoms with Gasteiger partial charge < -0.3 is 33.5 Å². The van der Waals surface area contributed by atoms with Crippen LogP contribution >= 0.6 is 0 Å². The van der Waals surface area contributed by atoms with Crippen LogP contribution in [0.3, 0.4) is 0 Å². The molecule has 3 aliphatic rings. The molecule has 3 fully saturated rings. The second-order valence-corrected chi connectivity index (χ2v) is 10.8. The maximum Gasteiger partial charge on any atom is 0.328 e. The number of β-lactam (4-membered cyclic amide) rings is 1. The van der Waals surface area contributed by atoms with Crippen molar-refractivity contribution >= 4 is 23.5 Å². The monoisotopic (exact) mass is 610 g/mol. The van der Waals surface area contributed by atoms with Gasteiger partial charge in [-0.15, -0.1) is 0 Å². The molecule has 12 heteroatoms. The van der Waals surface area contributed by atoms with Crippen LogP contribution in [0.1, 0.15) is 11.6 Å². The Kier molecular flexibility index (Phi) is 8.30. The zero-order valence-corrected chi connectivity index (χ0v) is 24.9. The highest BCUT2D eigenvalue weighted by Crippen LogP contribution is 2.42. The van der Waals surface area contributed by atoms with E-state index in [-0.39, 0.29) is 18.0 Å². The molecule has 0 bridgehead atoms. The number of hydrogen-bond acceptors (Lipinski definition) is 11. The van der Waals surface area contributed by atoms with Crippen molar-refractivity contribution in [3.8, 4) is 23.3 Å². The third-order valence-electron chi connectivity index (χ3n) is 8.01. The first-order chi connectivity index (χ1) is 22.2. The largest absolute Gasteiger partial charge is 0.497 e. The molecule has 1 aromatic heterocycles. The van der Waals surface area contributed by atoms with Crippen LogP contribution < -0.4 is 28.9 Å². The Hall–Kier alpha value is -4.94. The highest BCUT2D eigenvalue weighted by atomic mass is 16.5. The van der Waals surface area contributed by atoms with Crippen LogP contribution in [-0.2, 0) is 14.3 Å². The highest BCUT2D eigenvalue weighted by molar-refractivity contribution is 6.05. The minimum Gasteiger partial charge on any atom is -0.497 e.